The molecule has 10 nitrogen and oxygen atoms in total. The average Bonchev–Trinajstić information content (AvgIpc) is 3.14. The number of hydrogen-bond acceptors (Lipinski definition) is 8. The molecule has 0 unspecified atom stereocenters. The molecule has 0 aromatic carbocycles. The van der Waals surface area contributed by atoms with Gasteiger partial charge in [-0.2, -0.15) is 0 Å². The highest BCUT2D eigenvalue weighted by Crippen LogP contribution is 2.35. The van der Waals surface area contributed by atoms with Gasteiger partial charge in [-0.25, -0.2) is 0 Å². The summed E-state index contributed by atoms with van der Waals surface area (Å²) in [6, 6.07) is 4.69. The van der Waals surface area contributed by atoms with Crippen LogP contribution in [0, 0.1) is 11.1 Å². The number of methoxy groups -OCH3 is 1. The van der Waals surface area contributed by atoms with Gasteiger partial charge in [0.05, 0.1) is 7.11 Å². The van der Waals surface area contributed by atoms with Gasteiger partial charge in [0.2, 0.25) is 5.91 Å². The molecule has 2 aliphatic heterocycles. The second kappa shape index (κ2) is 7.28. The molecule has 2 atom stereocenters. The molecular weight excluding hydrogens is 368 g/mol. The van der Waals surface area contributed by atoms with Gasteiger partial charge < -0.3 is 29.2 Å². The fourth-order valence-corrected chi connectivity index (χ4v) is 4.18. The van der Waals surface area contributed by atoms with Crippen LogP contribution in [-0.4, -0.2) is 45.9 Å². The molecule has 1 amide bonds. The average molecular weight is 389 g/mol. The Morgan fingerprint density at radius 1 is 1.43 bits per heavy atom. The number of likely N-dealkylation sites (tertiary alicyclic amines) is 1. The van der Waals surface area contributed by atoms with Crippen LogP contribution in [0.25, 0.3) is 0 Å². The third-order valence-electron chi connectivity index (χ3n) is 5.47. The van der Waals surface area contributed by atoms with Crippen molar-refractivity contribution >= 4 is 11.6 Å². The van der Waals surface area contributed by atoms with E-state index in [0.717, 1.165) is 12.1 Å². The van der Waals surface area contributed by atoms with Crippen LogP contribution < -0.4 is 15.5 Å². The molecule has 1 N–H and O–H groups in total. The summed E-state index contributed by atoms with van der Waals surface area (Å²) in [5, 5.41) is 23.6. The van der Waals surface area contributed by atoms with Crippen LogP contribution in [0.4, 0.5) is 5.69 Å². The van der Waals surface area contributed by atoms with Crippen LogP contribution in [0.15, 0.2) is 27.5 Å². The van der Waals surface area contributed by atoms with Gasteiger partial charge in [-0.05, 0) is 29.6 Å². The zero-order chi connectivity index (χ0) is 19.8. The summed E-state index contributed by atoms with van der Waals surface area (Å²) in [6.07, 6.45) is 1.64. The number of amides is 1. The minimum absolute atomic E-state index is 0.0265. The summed E-state index contributed by atoms with van der Waals surface area (Å²) in [4.78, 5) is 27.0. The summed E-state index contributed by atoms with van der Waals surface area (Å²) in [7, 11) is 1.50. The lowest BCUT2D eigenvalue weighted by Crippen LogP contribution is -2.49. The molecule has 0 spiro atoms. The molecule has 2 aliphatic rings. The molecular formula is C18H21N4O6-. The van der Waals surface area contributed by atoms with E-state index in [9.17, 15) is 14.8 Å². The number of ether oxygens (including phenoxy) is 1. The molecule has 1 fully saturated rings. The van der Waals surface area contributed by atoms with Crippen molar-refractivity contribution < 1.29 is 19.3 Å². The third kappa shape index (κ3) is 3.36. The van der Waals surface area contributed by atoms with E-state index >= 15 is 0 Å². The Bertz CT molecular complexity index is 936. The second-order valence-electron chi connectivity index (χ2n) is 7.27. The number of carbonyl (C=O) groups excluding carboxylic acids is 1. The lowest BCUT2D eigenvalue weighted by molar-refractivity contribution is -0.134. The first-order chi connectivity index (χ1) is 13.5. The van der Waals surface area contributed by atoms with Crippen LogP contribution in [0.5, 0.6) is 5.88 Å². The summed E-state index contributed by atoms with van der Waals surface area (Å²) in [5.74, 6) is 1.17. The highest BCUT2D eigenvalue weighted by molar-refractivity contribution is 5.76. The molecule has 2 aromatic heterocycles. The summed E-state index contributed by atoms with van der Waals surface area (Å²) in [5.41, 5.74) is 0.00667. The Kier molecular flexibility index (Phi) is 4.82. The number of carbonyl (C=O) groups is 1. The molecule has 2 bridgehead atoms. The van der Waals surface area contributed by atoms with Gasteiger partial charge in [-0.1, -0.05) is 0 Å². The number of nitrogens with zero attached hydrogens (tertiary/aromatic N) is 4. The minimum atomic E-state index is -0.497. The van der Waals surface area contributed by atoms with E-state index < -0.39 is 10.8 Å². The molecule has 4 heterocycles. The van der Waals surface area contributed by atoms with E-state index in [1.54, 1.807) is 16.7 Å². The molecule has 0 saturated carbocycles. The van der Waals surface area contributed by atoms with Crippen LogP contribution in [0.2, 0.25) is 0 Å². The lowest BCUT2D eigenvalue weighted by Gasteiger charge is -2.43. The second-order valence-corrected chi connectivity index (χ2v) is 7.27. The lowest BCUT2D eigenvalue weighted by atomic mass is 9.83. The SMILES string of the molecule is COc1cc(CCC(=O)N2C[C@H]3C[C@H](C2)c2ccc(N([O-])O)c(=O)n2C3)on1. The van der Waals surface area contributed by atoms with E-state index in [4.69, 9.17) is 14.5 Å². The summed E-state index contributed by atoms with van der Waals surface area (Å²) < 4.78 is 11.6. The molecule has 2 aromatic rings. The number of pyridine rings is 1. The maximum absolute atomic E-state index is 12.7. The Morgan fingerprint density at radius 3 is 2.96 bits per heavy atom. The van der Waals surface area contributed by atoms with Crippen LogP contribution >= 0.6 is 0 Å². The van der Waals surface area contributed by atoms with E-state index in [1.807, 2.05) is 4.90 Å². The van der Waals surface area contributed by atoms with Gasteiger partial charge in [0.15, 0.2) is 0 Å². The highest BCUT2D eigenvalue weighted by Gasteiger charge is 2.36. The molecule has 28 heavy (non-hydrogen) atoms. The number of aryl methyl sites for hydroxylation is 1. The minimum Gasteiger partial charge on any atom is -0.733 e. The first-order valence-electron chi connectivity index (χ1n) is 9.13. The van der Waals surface area contributed by atoms with Crippen molar-refractivity contribution in [1.29, 1.82) is 0 Å². The Labute approximate surface area is 160 Å². The number of fused-ring (bicyclic) bond motifs is 4. The van der Waals surface area contributed by atoms with Crippen molar-refractivity contribution in [2.24, 2.45) is 5.92 Å². The molecule has 150 valence electrons. The number of piperidine rings is 1. The van der Waals surface area contributed by atoms with E-state index in [2.05, 4.69) is 5.16 Å². The quantitative estimate of drug-likeness (QED) is 0.755. The molecule has 1 saturated heterocycles. The van der Waals surface area contributed by atoms with Gasteiger partial charge in [-0.3, -0.25) is 14.8 Å². The summed E-state index contributed by atoms with van der Waals surface area (Å²) in [6.45, 7) is 1.51. The maximum Gasteiger partial charge on any atom is 0.275 e. The Balaban J connectivity index is 1.46. The zero-order valence-electron chi connectivity index (χ0n) is 15.4. The third-order valence-corrected chi connectivity index (χ3v) is 5.47. The molecule has 10 heteroatoms. The number of rotatable bonds is 5. The highest BCUT2D eigenvalue weighted by atomic mass is 16.8. The standard InChI is InChI=1S/C18H21N4O6/c1-27-16-7-13(28-19-16)2-5-17(23)20-8-11-6-12(10-20)14-3-4-15(22(25)26)18(24)21(14)9-11/h3-4,7,11-12,25H,2,5-6,8-10H2,1H3/q-1/t11-,12-/m1/s1. The zero-order valence-corrected chi connectivity index (χ0v) is 15.4. The van der Waals surface area contributed by atoms with E-state index in [-0.39, 0.29) is 23.4 Å². The van der Waals surface area contributed by atoms with Crippen LogP contribution in [0.3, 0.4) is 0 Å². The van der Waals surface area contributed by atoms with Crippen molar-refractivity contribution in [2.45, 2.75) is 31.7 Å². The van der Waals surface area contributed by atoms with Gasteiger partial charge >= 0.3 is 0 Å². The predicted octanol–water partition coefficient (Wildman–Crippen LogP) is 1.12. The summed E-state index contributed by atoms with van der Waals surface area (Å²) >= 11 is 0. The first-order valence-corrected chi connectivity index (χ1v) is 9.13. The van der Waals surface area contributed by atoms with Crippen molar-refractivity contribution in [1.82, 2.24) is 14.6 Å². The van der Waals surface area contributed by atoms with Gasteiger partial charge in [0.1, 0.15) is 11.4 Å². The Morgan fingerprint density at radius 2 is 2.25 bits per heavy atom. The maximum atomic E-state index is 12.7. The normalized spacial score (nSPS) is 20.6. The topological polar surface area (TPSA) is 124 Å². The van der Waals surface area contributed by atoms with Crippen LogP contribution in [-0.2, 0) is 17.8 Å². The van der Waals surface area contributed by atoms with Crippen LogP contribution in [0.1, 0.15) is 30.2 Å². The fourth-order valence-electron chi connectivity index (χ4n) is 4.18. The number of anilines is 1. The van der Waals surface area contributed by atoms with Gasteiger partial charge in [0.25, 0.3) is 11.4 Å². The molecule has 0 aliphatic carbocycles. The van der Waals surface area contributed by atoms with Gasteiger partial charge in [-0.15, -0.1) is 0 Å². The van der Waals surface area contributed by atoms with E-state index in [1.165, 1.54) is 13.2 Å². The van der Waals surface area contributed by atoms with E-state index in [0.29, 0.717) is 44.1 Å². The van der Waals surface area contributed by atoms with Crippen molar-refractivity contribution in [3.05, 3.63) is 45.2 Å². The van der Waals surface area contributed by atoms with Crippen molar-refractivity contribution in [2.75, 3.05) is 25.4 Å². The van der Waals surface area contributed by atoms with Crippen molar-refractivity contribution in [3.8, 4) is 5.88 Å². The monoisotopic (exact) mass is 389 g/mol. The van der Waals surface area contributed by atoms with Gasteiger partial charge in [0, 0.05) is 50.2 Å². The van der Waals surface area contributed by atoms with Crippen molar-refractivity contribution in [3.63, 3.8) is 0 Å². The number of hydrogen-bond donors (Lipinski definition) is 1. The largest absolute Gasteiger partial charge is 0.733 e. The molecule has 4 rings (SSSR count). The molecule has 0 radical (unpaired) electrons. The Hall–Kier alpha value is -2.85. The fraction of sp³-hybridized carbons (Fsp3) is 0.500. The number of aromatic nitrogens is 2. The smallest absolute Gasteiger partial charge is 0.275 e. The first kappa shape index (κ1) is 18.5. The predicted molar refractivity (Wildman–Crippen MR) is 97.1 cm³/mol.